The van der Waals surface area contributed by atoms with Gasteiger partial charge in [0, 0.05) is 11.8 Å². The average Bonchev–Trinajstić information content (AvgIpc) is 2.73. The monoisotopic (exact) mass is 366 g/mol. The molecule has 1 saturated carbocycles. The summed E-state index contributed by atoms with van der Waals surface area (Å²) >= 11 is 0. The first kappa shape index (κ1) is 19.9. The van der Waals surface area contributed by atoms with E-state index in [2.05, 4.69) is 35.9 Å². The highest BCUT2D eigenvalue weighted by Gasteiger charge is 2.20. The van der Waals surface area contributed by atoms with Gasteiger partial charge in [0.15, 0.2) is 0 Å². The van der Waals surface area contributed by atoms with Crippen molar-refractivity contribution in [2.75, 3.05) is 6.61 Å². The lowest BCUT2D eigenvalue weighted by atomic mass is 9.78. The Bertz CT molecular complexity index is 658. The van der Waals surface area contributed by atoms with Crippen LogP contribution in [0.3, 0.4) is 0 Å². The molecule has 0 aliphatic heterocycles. The Morgan fingerprint density at radius 2 is 1.59 bits per heavy atom. The highest BCUT2D eigenvalue weighted by Crippen LogP contribution is 2.33. The van der Waals surface area contributed by atoms with Gasteiger partial charge < -0.3 is 4.74 Å². The first-order chi connectivity index (χ1) is 13.3. The molecule has 1 fully saturated rings. The Hall–Kier alpha value is -1.90. The highest BCUT2D eigenvalue weighted by atomic mass is 16.5. The Morgan fingerprint density at radius 1 is 0.889 bits per heavy atom. The van der Waals surface area contributed by atoms with Crippen molar-refractivity contribution in [2.45, 2.75) is 71.6 Å². The van der Waals surface area contributed by atoms with Crippen LogP contribution in [0.4, 0.5) is 0 Å². The highest BCUT2D eigenvalue weighted by molar-refractivity contribution is 5.58. The molecule has 1 aromatic carbocycles. The first-order valence-electron chi connectivity index (χ1n) is 10.8. The van der Waals surface area contributed by atoms with Gasteiger partial charge in [-0.3, -0.25) is 9.97 Å². The second-order valence-corrected chi connectivity index (χ2v) is 7.94. The fourth-order valence-corrected chi connectivity index (χ4v) is 4.19. The SMILES string of the molecule is CCCC1CCC(CCCOc2ccc(-c3cnc(CC)cn3)cc2)CC1. The fraction of sp³-hybridized carbons (Fsp3) is 0.583. The van der Waals surface area contributed by atoms with Crippen molar-refractivity contribution in [3.63, 3.8) is 0 Å². The molecule has 0 spiro atoms. The molecule has 1 aliphatic carbocycles. The van der Waals surface area contributed by atoms with Crippen molar-refractivity contribution >= 4 is 0 Å². The van der Waals surface area contributed by atoms with Crippen molar-refractivity contribution in [3.8, 4) is 17.0 Å². The molecule has 0 radical (unpaired) electrons. The molecule has 3 nitrogen and oxygen atoms in total. The van der Waals surface area contributed by atoms with E-state index in [9.17, 15) is 0 Å². The number of nitrogens with zero attached hydrogens (tertiary/aromatic N) is 2. The van der Waals surface area contributed by atoms with Gasteiger partial charge in [0.1, 0.15) is 5.75 Å². The summed E-state index contributed by atoms with van der Waals surface area (Å²) < 4.78 is 5.95. The molecular weight excluding hydrogens is 332 g/mol. The lowest BCUT2D eigenvalue weighted by molar-refractivity contribution is 0.230. The molecule has 146 valence electrons. The largest absolute Gasteiger partial charge is 0.494 e. The molecule has 27 heavy (non-hydrogen) atoms. The van der Waals surface area contributed by atoms with E-state index in [1.165, 1.54) is 44.9 Å². The zero-order chi connectivity index (χ0) is 18.9. The third-order valence-corrected chi connectivity index (χ3v) is 5.91. The zero-order valence-corrected chi connectivity index (χ0v) is 17.0. The Morgan fingerprint density at radius 3 is 2.19 bits per heavy atom. The summed E-state index contributed by atoms with van der Waals surface area (Å²) in [5, 5.41) is 0. The van der Waals surface area contributed by atoms with E-state index >= 15 is 0 Å². The van der Waals surface area contributed by atoms with Crippen LogP contribution >= 0.6 is 0 Å². The minimum absolute atomic E-state index is 0.819. The van der Waals surface area contributed by atoms with Crippen LogP contribution in [-0.2, 0) is 6.42 Å². The topological polar surface area (TPSA) is 35.0 Å². The van der Waals surface area contributed by atoms with Crippen LogP contribution in [0.25, 0.3) is 11.3 Å². The summed E-state index contributed by atoms with van der Waals surface area (Å²) in [4.78, 5) is 8.91. The van der Waals surface area contributed by atoms with E-state index in [4.69, 9.17) is 4.74 Å². The molecule has 1 aromatic heterocycles. The van der Waals surface area contributed by atoms with Crippen LogP contribution < -0.4 is 4.74 Å². The lowest BCUT2D eigenvalue weighted by Crippen LogP contribution is -2.15. The van der Waals surface area contributed by atoms with Gasteiger partial charge in [-0.2, -0.15) is 0 Å². The van der Waals surface area contributed by atoms with E-state index in [0.717, 1.165) is 54.0 Å². The van der Waals surface area contributed by atoms with Gasteiger partial charge in [-0.15, -0.1) is 0 Å². The van der Waals surface area contributed by atoms with Gasteiger partial charge in [0.2, 0.25) is 0 Å². The Kier molecular flexibility index (Phi) is 7.67. The predicted octanol–water partition coefficient (Wildman–Crippen LogP) is 6.47. The molecule has 1 aliphatic rings. The van der Waals surface area contributed by atoms with E-state index in [-0.39, 0.29) is 0 Å². The maximum Gasteiger partial charge on any atom is 0.119 e. The Balaban J connectivity index is 1.38. The van der Waals surface area contributed by atoms with Crippen LogP contribution in [0, 0.1) is 11.8 Å². The molecule has 1 heterocycles. The van der Waals surface area contributed by atoms with Crippen LogP contribution in [0.5, 0.6) is 5.75 Å². The van der Waals surface area contributed by atoms with Gasteiger partial charge >= 0.3 is 0 Å². The molecule has 3 heteroatoms. The van der Waals surface area contributed by atoms with E-state index in [1.54, 1.807) is 0 Å². The van der Waals surface area contributed by atoms with Crippen LogP contribution in [-0.4, -0.2) is 16.6 Å². The standard InChI is InChI=1S/C24H34N2O/c1-3-6-19-8-10-20(11-9-19)7-5-16-27-23-14-12-21(13-15-23)24-18-25-22(4-2)17-26-24/h12-15,17-20H,3-11,16H2,1-2H3. The minimum Gasteiger partial charge on any atom is -0.494 e. The van der Waals surface area contributed by atoms with E-state index in [1.807, 2.05) is 24.5 Å². The summed E-state index contributed by atoms with van der Waals surface area (Å²) in [6.45, 7) is 5.22. The second kappa shape index (κ2) is 10.4. The number of benzene rings is 1. The van der Waals surface area contributed by atoms with Crippen LogP contribution in [0.1, 0.15) is 70.9 Å². The van der Waals surface area contributed by atoms with Gasteiger partial charge in [0.05, 0.1) is 24.2 Å². The number of aryl methyl sites for hydroxylation is 1. The number of aromatic nitrogens is 2. The molecule has 2 aromatic rings. The molecule has 3 rings (SSSR count). The summed E-state index contributed by atoms with van der Waals surface area (Å²) in [6.07, 6.45) is 15.6. The van der Waals surface area contributed by atoms with Crippen molar-refractivity contribution in [1.82, 2.24) is 9.97 Å². The van der Waals surface area contributed by atoms with Gasteiger partial charge in [0.25, 0.3) is 0 Å². The Labute approximate surface area is 164 Å². The molecular formula is C24H34N2O. The molecule has 0 amide bonds. The molecule has 0 atom stereocenters. The van der Waals surface area contributed by atoms with Crippen molar-refractivity contribution in [2.24, 2.45) is 11.8 Å². The average molecular weight is 367 g/mol. The summed E-state index contributed by atoms with van der Waals surface area (Å²) in [6, 6.07) is 8.22. The number of hydrogen-bond acceptors (Lipinski definition) is 3. The van der Waals surface area contributed by atoms with Gasteiger partial charge in [-0.05, 0) is 55.4 Å². The minimum atomic E-state index is 0.819. The maximum absolute atomic E-state index is 5.95. The summed E-state index contributed by atoms with van der Waals surface area (Å²) in [5.41, 5.74) is 3.02. The molecule has 0 N–H and O–H groups in total. The number of ether oxygens (including phenoxy) is 1. The fourth-order valence-electron chi connectivity index (χ4n) is 4.19. The quantitative estimate of drug-likeness (QED) is 0.477. The summed E-state index contributed by atoms with van der Waals surface area (Å²) in [5.74, 6) is 2.88. The van der Waals surface area contributed by atoms with E-state index in [0.29, 0.717) is 0 Å². The summed E-state index contributed by atoms with van der Waals surface area (Å²) in [7, 11) is 0. The van der Waals surface area contributed by atoms with Crippen LogP contribution in [0.2, 0.25) is 0 Å². The zero-order valence-electron chi connectivity index (χ0n) is 17.0. The normalized spacial score (nSPS) is 19.8. The van der Waals surface area contributed by atoms with E-state index < -0.39 is 0 Å². The van der Waals surface area contributed by atoms with Gasteiger partial charge in [-0.25, -0.2) is 0 Å². The molecule has 0 unspecified atom stereocenters. The second-order valence-electron chi connectivity index (χ2n) is 7.94. The van der Waals surface area contributed by atoms with Crippen molar-refractivity contribution in [3.05, 3.63) is 42.4 Å². The maximum atomic E-state index is 5.95. The molecule has 0 bridgehead atoms. The third kappa shape index (κ3) is 6.05. The smallest absolute Gasteiger partial charge is 0.119 e. The third-order valence-electron chi connectivity index (χ3n) is 5.91. The number of hydrogen-bond donors (Lipinski definition) is 0. The van der Waals surface area contributed by atoms with Gasteiger partial charge in [-0.1, -0.05) is 52.4 Å². The predicted molar refractivity (Wildman–Crippen MR) is 112 cm³/mol. The van der Waals surface area contributed by atoms with Crippen molar-refractivity contribution < 1.29 is 4.74 Å². The first-order valence-corrected chi connectivity index (χ1v) is 10.8. The van der Waals surface area contributed by atoms with Crippen molar-refractivity contribution in [1.29, 1.82) is 0 Å². The molecule has 0 saturated heterocycles. The van der Waals surface area contributed by atoms with Crippen LogP contribution in [0.15, 0.2) is 36.7 Å². The lowest BCUT2D eigenvalue weighted by Gasteiger charge is -2.28. The number of rotatable bonds is 9.